The molecule has 1 aliphatic heterocycles. The minimum Gasteiger partial charge on any atom is -0.440 e. The van der Waals surface area contributed by atoms with Gasteiger partial charge < -0.3 is 4.74 Å². The highest BCUT2D eigenvalue weighted by Gasteiger charge is 2.22. The Morgan fingerprint density at radius 3 is 2.55 bits per heavy atom. The minimum absolute atomic E-state index is 0.628. The van der Waals surface area contributed by atoms with Gasteiger partial charge in [-0.25, -0.2) is 0 Å². The van der Waals surface area contributed by atoms with Crippen LogP contribution in [0, 0.1) is 0 Å². The predicted octanol–water partition coefficient (Wildman–Crippen LogP) is 5.65. The standard InChI is InChI=1S/C16H9Br2NO/c1-9-19-14-5-3-11(17)6-10(14)7-15(19)13-4-2-12(18)8-16(13)20-9/h2-8H,1H2. The lowest BCUT2D eigenvalue weighted by Crippen LogP contribution is -2.10. The number of ether oxygens (including phenoxy) is 1. The Labute approximate surface area is 132 Å². The summed E-state index contributed by atoms with van der Waals surface area (Å²) in [6.07, 6.45) is 0. The van der Waals surface area contributed by atoms with Crippen molar-refractivity contribution < 1.29 is 4.74 Å². The maximum absolute atomic E-state index is 5.86. The zero-order valence-electron chi connectivity index (χ0n) is 10.4. The van der Waals surface area contributed by atoms with E-state index in [1.807, 2.05) is 18.2 Å². The molecule has 0 spiro atoms. The number of benzene rings is 2. The lowest BCUT2D eigenvalue weighted by molar-refractivity contribution is 0.477. The largest absolute Gasteiger partial charge is 0.440 e. The molecule has 98 valence electrons. The van der Waals surface area contributed by atoms with Gasteiger partial charge in [0.25, 0.3) is 0 Å². The molecule has 2 heterocycles. The summed E-state index contributed by atoms with van der Waals surface area (Å²) in [5.41, 5.74) is 3.28. The number of fused-ring (bicyclic) bond motifs is 5. The molecular formula is C16H9Br2NO. The molecule has 1 aliphatic rings. The highest BCUT2D eigenvalue weighted by molar-refractivity contribution is 9.10. The van der Waals surface area contributed by atoms with Crippen LogP contribution in [0.2, 0.25) is 0 Å². The normalized spacial score (nSPS) is 13.0. The molecule has 0 fully saturated rings. The fraction of sp³-hybridized carbons (Fsp3) is 0. The van der Waals surface area contributed by atoms with Gasteiger partial charge in [-0.1, -0.05) is 31.9 Å². The zero-order valence-corrected chi connectivity index (χ0v) is 13.5. The lowest BCUT2D eigenvalue weighted by Gasteiger charge is -2.22. The summed E-state index contributed by atoms with van der Waals surface area (Å²) < 4.78 is 9.98. The third-order valence-electron chi connectivity index (χ3n) is 3.46. The Morgan fingerprint density at radius 1 is 0.950 bits per heavy atom. The van der Waals surface area contributed by atoms with E-state index in [0.717, 1.165) is 36.9 Å². The van der Waals surface area contributed by atoms with Crippen molar-refractivity contribution in [2.24, 2.45) is 0 Å². The molecule has 4 heteroatoms. The number of halogens is 2. The molecule has 0 bridgehead atoms. The van der Waals surface area contributed by atoms with Crippen molar-refractivity contribution in [1.82, 2.24) is 4.57 Å². The summed E-state index contributed by atoms with van der Waals surface area (Å²) in [7, 11) is 0. The van der Waals surface area contributed by atoms with E-state index in [0.29, 0.717) is 5.88 Å². The third kappa shape index (κ3) is 1.68. The van der Waals surface area contributed by atoms with Gasteiger partial charge >= 0.3 is 0 Å². The molecule has 2 aromatic carbocycles. The number of hydrogen-bond acceptors (Lipinski definition) is 1. The van der Waals surface area contributed by atoms with Gasteiger partial charge in [0.2, 0.25) is 0 Å². The van der Waals surface area contributed by atoms with Gasteiger partial charge in [-0.15, -0.1) is 0 Å². The smallest absolute Gasteiger partial charge is 0.197 e. The Balaban J connectivity index is 2.10. The van der Waals surface area contributed by atoms with Gasteiger partial charge in [0.05, 0.1) is 11.2 Å². The number of aromatic nitrogens is 1. The van der Waals surface area contributed by atoms with E-state index < -0.39 is 0 Å². The average molecular weight is 391 g/mol. The van der Waals surface area contributed by atoms with Gasteiger partial charge in [0, 0.05) is 19.9 Å². The molecule has 4 rings (SSSR count). The van der Waals surface area contributed by atoms with E-state index in [1.165, 1.54) is 0 Å². The molecule has 0 unspecified atom stereocenters. The van der Waals surface area contributed by atoms with Gasteiger partial charge in [-0.2, -0.15) is 0 Å². The van der Waals surface area contributed by atoms with Crippen LogP contribution in [-0.4, -0.2) is 4.57 Å². The fourth-order valence-electron chi connectivity index (χ4n) is 2.62. The first-order valence-electron chi connectivity index (χ1n) is 6.11. The average Bonchev–Trinajstić information content (AvgIpc) is 2.77. The van der Waals surface area contributed by atoms with Crippen LogP contribution in [0.3, 0.4) is 0 Å². The molecule has 0 atom stereocenters. The molecule has 1 aromatic heterocycles. The second kappa shape index (κ2) is 4.24. The molecule has 20 heavy (non-hydrogen) atoms. The SMILES string of the molecule is C=C1Oc2cc(Br)ccc2-c2cc3cc(Br)ccc3n21. The maximum atomic E-state index is 5.86. The van der Waals surface area contributed by atoms with Gasteiger partial charge in [-0.3, -0.25) is 4.57 Å². The van der Waals surface area contributed by atoms with E-state index in [9.17, 15) is 0 Å². The van der Waals surface area contributed by atoms with Crippen molar-refractivity contribution in [3.05, 3.63) is 58.0 Å². The summed E-state index contributed by atoms with van der Waals surface area (Å²) in [6, 6.07) is 14.4. The first-order chi connectivity index (χ1) is 9.63. The molecule has 0 N–H and O–H groups in total. The van der Waals surface area contributed by atoms with Gasteiger partial charge in [-0.05, 0) is 49.0 Å². The van der Waals surface area contributed by atoms with Crippen LogP contribution < -0.4 is 4.74 Å². The second-order valence-electron chi connectivity index (χ2n) is 4.70. The Morgan fingerprint density at radius 2 is 1.70 bits per heavy atom. The third-order valence-corrected chi connectivity index (χ3v) is 4.45. The number of nitrogens with zero attached hydrogens (tertiary/aromatic N) is 1. The number of hydrogen-bond donors (Lipinski definition) is 0. The summed E-state index contributed by atoms with van der Waals surface area (Å²) >= 11 is 6.98. The summed E-state index contributed by atoms with van der Waals surface area (Å²) in [6.45, 7) is 4.04. The van der Waals surface area contributed by atoms with E-state index in [1.54, 1.807) is 0 Å². The van der Waals surface area contributed by atoms with Crippen LogP contribution in [0.4, 0.5) is 0 Å². The minimum atomic E-state index is 0.628. The summed E-state index contributed by atoms with van der Waals surface area (Å²) in [5, 5.41) is 1.16. The van der Waals surface area contributed by atoms with Crippen molar-refractivity contribution in [1.29, 1.82) is 0 Å². The van der Waals surface area contributed by atoms with Crippen LogP contribution in [0.15, 0.2) is 58.0 Å². The maximum Gasteiger partial charge on any atom is 0.197 e. The fourth-order valence-corrected chi connectivity index (χ4v) is 3.34. The Hall–Kier alpha value is -1.52. The van der Waals surface area contributed by atoms with Gasteiger partial charge in [0.1, 0.15) is 5.75 Å². The molecule has 3 aromatic rings. The van der Waals surface area contributed by atoms with Gasteiger partial charge in [0.15, 0.2) is 5.88 Å². The highest BCUT2D eigenvalue weighted by Crippen LogP contribution is 2.42. The van der Waals surface area contributed by atoms with Crippen molar-refractivity contribution in [2.75, 3.05) is 0 Å². The van der Waals surface area contributed by atoms with Crippen LogP contribution in [0.5, 0.6) is 5.75 Å². The quantitative estimate of drug-likeness (QED) is 0.483. The Kier molecular flexibility index (Phi) is 2.59. The van der Waals surface area contributed by atoms with Crippen LogP contribution >= 0.6 is 31.9 Å². The van der Waals surface area contributed by atoms with Crippen LogP contribution in [-0.2, 0) is 0 Å². The monoisotopic (exact) mass is 389 g/mol. The Bertz CT molecular complexity index is 880. The van der Waals surface area contributed by atoms with Crippen molar-refractivity contribution >= 4 is 48.6 Å². The lowest BCUT2D eigenvalue weighted by atomic mass is 10.1. The highest BCUT2D eigenvalue weighted by atomic mass is 79.9. The van der Waals surface area contributed by atoms with Crippen molar-refractivity contribution in [2.45, 2.75) is 0 Å². The van der Waals surface area contributed by atoms with E-state index >= 15 is 0 Å². The first-order valence-corrected chi connectivity index (χ1v) is 7.70. The predicted molar refractivity (Wildman–Crippen MR) is 88.7 cm³/mol. The van der Waals surface area contributed by atoms with E-state index in [2.05, 4.69) is 67.3 Å². The topological polar surface area (TPSA) is 14.2 Å². The molecule has 2 nitrogen and oxygen atoms in total. The molecule has 0 amide bonds. The summed E-state index contributed by atoms with van der Waals surface area (Å²) in [5.74, 6) is 1.46. The number of rotatable bonds is 0. The molecule has 0 aliphatic carbocycles. The van der Waals surface area contributed by atoms with E-state index in [4.69, 9.17) is 4.74 Å². The molecule has 0 radical (unpaired) electrons. The van der Waals surface area contributed by atoms with Crippen molar-refractivity contribution in [3.8, 4) is 17.0 Å². The van der Waals surface area contributed by atoms with Crippen molar-refractivity contribution in [3.63, 3.8) is 0 Å². The van der Waals surface area contributed by atoms with E-state index in [-0.39, 0.29) is 0 Å². The second-order valence-corrected chi connectivity index (χ2v) is 6.54. The summed E-state index contributed by atoms with van der Waals surface area (Å²) in [4.78, 5) is 0. The molecule has 0 saturated heterocycles. The molecular weight excluding hydrogens is 382 g/mol. The van der Waals surface area contributed by atoms with Crippen LogP contribution in [0.25, 0.3) is 28.0 Å². The van der Waals surface area contributed by atoms with Crippen LogP contribution in [0.1, 0.15) is 0 Å². The zero-order chi connectivity index (χ0) is 13.9. The first kappa shape index (κ1) is 12.2. The molecule has 0 saturated carbocycles.